The van der Waals surface area contributed by atoms with Crippen LogP contribution in [0.25, 0.3) is 0 Å². The second kappa shape index (κ2) is 1.97. The minimum atomic E-state index is 0.205. The summed E-state index contributed by atoms with van der Waals surface area (Å²) in [5.41, 5.74) is 0.640. The molecule has 0 radical (unpaired) electrons. The van der Waals surface area contributed by atoms with Gasteiger partial charge in [0.05, 0.1) is 5.57 Å². The standard InChI is InChI=1S/C7H8O2/c1-5-6(2)8-4-9-7(5)3/h1-4H2. The smallest absolute Gasteiger partial charge is 0.230 e. The van der Waals surface area contributed by atoms with E-state index >= 15 is 0 Å². The van der Waals surface area contributed by atoms with Crippen LogP contribution in [0.15, 0.2) is 36.8 Å². The average Bonchev–Trinajstić information content (AvgIpc) is 1.83. The average molecular weight is 124 g/mol. The number of ether oxygens (including phenoxy) is 2. The lowest BCUT2D eigenvalue weighted by Gasteiger charge is -2.19. The predicted molar refractivity (Wildman–Crippen MR) is 34.5 cm³/mol. The molecular formula is C7H8O2. The van der Waals surface area contributed by atoms with Gasteiger partial charge in [0.25, 0.3) is 0 Å². The van der Waals surface area contributed by atoms with Crippen molar-refractivity contribution in [2.24, 2.45) is 0 Å². The van der Waals surface area contributed by atoms with E-state index in [-0.39, 0.29) is 6.79 Å². The monoisotopic (exact) mass is 124 g/mol. The summed E-state index contributed by atoms with van der Waals surface area (Å²) >= 11 is 0. The first-order chi connectivity index (χ1) is 4.22. The Kier molecular flexibility index (Phi) is 1.30. The zero-order chi connectivity index (χ0) is 6.85. The largest absolute Gasteiger partial charge is 0.457 e. The highest BCUT2D eigenvalue weighted by Gasteiger charge is 2.12. The molecule has 0 unspecified atom stereocenters. The molecule has 9 heavy (non-hydrogen) atoms. The molecule has 0 N–H and O–H groups in total. The molecule has 0 saturated carbocycles. The van der Waals surface area contributed by atoms with Gasteiger partial charge in [-0.3, -0.25) is 0 Å². The van der Waals surface area contributed by atoms with Crippen LogP contribution in [0.4, 0.5) is 0 Å². The van der Waals surface area contributed by atoms with E-state index in [0.29, 0.717) is 17.1 Å². The third-order valence-electron chi connectivity index (χ3n) is 1.14. The highest BCUT2D eigenvalue weighted by Crippen LogP contribution is 2.21. The minimum absolute atomic E-state index is 0.205. The summed E-state index contributed by atoms with van der Waals surface area (Å²) in [7, 11) is 0. The van der Waals surface area contributed by atoms with Gasteiger partial charge in [0.1, 0.15) is 11.5 Å². The molecular weight excluding hydrogens is 116 g/mol. The maximum Gasteiger partial charge on any atom is 0.230 e. The topological polar surface area (TPSA) is 18.5 Å². The van der Waals surface area contributed by atoms with Gasteiger partial charge in [0.15, 0.2) is 0 Å². The lowest BCUT2D eigenvalue weighted by Crippen LogP contribution is -2.09. The van der Waals surface area contributed by atoms with Crippen molar-refractivity contribution >= 4 is 0 Å². The van der Waals surface area contributed by atoms with E-state index in [0.717, 1.165) is 0 Å². The van der Waals surface area contributed by atoms with Crippen LogP contribution in [-0.2, 0) is 9.47 Å². The molecule has 1 rings (SSSR count). The van der Waals surface area contributed by atoms with Crippen LogP contribution in [0.5, 0.6) is 0 Å². The summed E-state index contributed by atoms with van der Waals surface area (Å²) in [4.78, 5) is 0. The van der Waals surface area contributed by atoms with Gasteiger partial charge in [-0.25, -0.2) is 0 Å². The normalized spacial score (nSPS) is 18.9. The van der Waals surface area contributed by atoms with Crippen molar-refractivity contribution in [2.75, 3.05) is 6.79 Å². The van der Waals surface area contributed by atoms with Crippen LogP contribution >= 0.6 is 0 Å². The van der Waals surface area contributed by atoms with Crippen molar-refractivity contribution in [1.82, 2.24) is 0 Å². The molecule has 48 valence electrons. The maximum atomic E-state index is 4.88. The maximum absolute atomic E-state index is 4.88. The molecule has 1 fully saturated rings. The van der Waals surface area contributed by atoms with Gasteiger partial charge in [0, 0.05) is 0 Å². The zero-order valence-electron chi connectivity index (χ0n) is 5.14. The van der Waals surface area contributed by atoms with Crippen molar-refractivity contribution in [3.63, 3.8) is 0 Å². The lowest BCUT2D eigenvalue weighted by atomic mass is 10.2. The van der Waals surface area contributed by atoms with Crippen molar-refractivity contribution in [2.45, 2.75) is 0 Å². The molecule has 1 heterocycles. The molecule has 0 aliphatic carbocycles. The lowest BCUT2D eigenvalue weighted by molar-refractivity contribution is -0.000139. The fraction of sp³-hybridized carbons (Fsp3) is 0.143. The Morgan fingerprint density at radius 2 is 1.44 bits per heavy atom. The van der Waals surface area contributed by atoms with E-state index in [2.05, 4.69) is 19.7 Å². The summed E-state index contributed by atoms with van der Waals surface area (Å²) in [6.07, 6.45) is 0. The van der Waals surface area contributed by atoms with Crippen LogP contribution in [0.2, 0.25) is 0 Å². The molecule has 0 amide bonds. The van der Waals surface area contributed by atoms with E-state index in [1.165, 1.54) is 0 Å². The summed E-state index contributed by atoms with van der Waals surface area (Å²) in [5, 5.41) is 0. The predicted octanol–water partition coefficient (Wildman–Crippen LogP) is 1.57. The summed E-state index contributed by atoms with van der Waals surface area (Å²) in [6.45, 7) is 11.0. The third kappa shape index (κ3) is 0.964. The summed E-state index contributed by atoms with van der Waals surface area (Å²) in [6, 6.07) is 0. The highest BCUT2D eigenvalue weighted by molar-refractivity contribution is 5.35. The Bertz CT molecular complexity index is 161. The van der Waals surface area contributed by atoms with Gasteiger partial charge in [0.2, 0.25) is 6.79 Å². The van der Waals surface area contributed by atoms with Crippen molar-refractivity contribution in [1.29, 1.82) is 0 Å². The second-order valence-corrected chi connectivity index (χ2v) is 1.73. The molecule has 0 aromatic rings. The van der Waals surface area contributed by atoms with Crippen LogP contribution in [-0.4, -0.2) is 6.79 Å². The van der Waals surface area contributed by atoms with E-state index in [9.17, 15) is 0 Å². The molecule has 2 heteroatoms. The summed E-state index contributed by atoms with van der Waals surface area (Å²) < 4.78 is 9.77. The van der Waals surface area contributed by atoms with Crippen LogP contribution in [0.1, 0.15) is 0 Å². The molecule has 0 bridgehead atoms. The minimum Gasteiger partial charge on any atom is -0.457 e. The Morgan fingerprint density at radius 3 is 1.78 bits per heavy atom. The first kappa shape index (κ1) is 5.95. The Morgan fingerprint density at radius 1 is 1.00 bits per heavy atom. The molecule has 0 aromatic heterocycles. The molecule has 1 aliphatic rings. The second-order valence-electron chi connectivity index (χ2n) is 1.73. The van der Waals surface area contributed by atoms with Crippen molar-refractivity contribution in [3.05, 3.63) is 36.8 Å². The van der Waals surface area contributed by atoms with Crippen molar-refractivity contribution in [3.8, 4) is 0 Å². The Labute approximate surface area is 54.1 Å². The molecule has 0 spiro atoms. The first-order valence-corrected chi connectivity index (χ1v) is 2.55. The van der Waals surface area contributed by atoms with Crippen LogP contribution < -0.4 is 0 Å². The SMILES string of the molecule is C=C1OCOC(=C)C1=C. The van der Waals surface area contributed by atoms with Gasteiger partial charge in [-0.1, -0.05) is 19.7 Å². The van der Waals surface area contributed by atoms with Gasteiger partial charge in [-0.15, -0.1) is 0 Å². The van der Waals surface area contributed by atoms with E-state index in [1.807, 2.05) is 0 Å². The van der Waals surface area contributed by atoms with Crippen LogP contribution in [0.3, 0.4) is 0 Å². The van der Waals surface area contributed by atoms with Gasteiger partial charge in [-0.05, 0) is 0 Å². The fourth-order valence-electron chi connectivity index (χ4n) is 0.501. The molecule has 0 aromatic carbocycles. The highest BCUT2D eigenvalue weighted by atomic mass is 16.7. The molecule has 1 aliphatic heterocycles. The van der Waals surface area contributed by atoms with E-state index in [4.69, 9.17) is 9.47 Å². The number of hydrogen-bond donors (Lipinski definition) is 0. The number of rotatable bonds is 0. The van der Waals surface area contributed by atoms with Gasteiger partial charge < -0.3 is 9.47 Å². The quantitative estimate of drug-likeness (QED) is 0.488. The zero-order valence-corrected chi connectivity index (χ0v) is 5.14. The van der Waals surface area contributed by atoms with E-state index < -0.39 is 0 Å². The Hall–Kier alpha value is -1.18. The molecule has 2 nitrogen and oxygen atoms in total. The fourth-order valence-corrected chi connectivity index (χ4v) is 0.501. The molecule has 1 saturated heterocycles. The number of hydrogen-bond acceptors (Lipinski definition) is 2. The summed E-state index contributed by atoms with van der Waals surface area (Å²) in [5.74, 6) is 1.09. The van der Waals surface area contributed by atoms with E-state index in [1.54, 1.807) is 0 Å². The first-order valence-electron chi connectivity index (χ1n) is 2.55. The van der Waals surface area contributed by atoms with Gasteiger partial charge >= 0.3 is 0 Å². The van der Waals surface area contributed by atoms with Crippen molar-refractivity contribution < 1.29 is 9.47 Å². The third-order valence-corrected chi connectivity index (χ3v) is 1.14. The Balaban J connectivity index is 2.74. The molecule has 0 atom stereocenters. The van der Waals surface area contributed by atoms with Gasteiger partial charge in [-0.2, -0.15) is 0 Å². The van der Waals surface area contributed by atoms with Crippen LogP contribution in [0, 0.1) is 0 Å².